The lowest BCUT2D eigenvalue weighted by molar-refractivity contribution is 0.596. The molecule has 3 nitrogen and oxygen atoms in total. The van der Waals surface area contributed by atoms with E-state index in [2.05, 4.69) is 37.1 Å². The first-order valence-electron chi connectivity index (χ1n) is 7.85. The van der Waals surface area contributed by atoms with Crippen LogP contribution in [0.4, 0.5) is 5.69 Å². The number of benzene rings is 2. The van der Waals surface area contributed by atoms with Crippen molar-refractivity contribution in [3.05, 3.63) is 59.7 Å². The van der Waals surface area contributed by atoms with Crippen LogP contribution in [0, 0.1) is 30.9 Å². The van der Waals surface area contributed by atoms with Gasteiger partial charge in [-0.05, 0) is 31.2 Å². The molecule has 0 atom stereocenters. The van der Waals surface area contributed by atoms with Gasteiger partial charge < -0.3 is 0 Å². The molecule has 25 heavy (non-hydrogen) atoms. The second-order valence-corrected chi connectivity index (χ2v) is 13.3. The number of aryl methyl sites for hydroxylation is 1. The molecule has 0 radical (unpaired) electrons. The molecule has 2 aromatic rings. The number of sulfonamides is 1. The summed E-state index contributed by atoms with van der Waals surface area (Å²) in [7, 11) is -5.63. The highest BCUT2D eigenvalue weighted by molar-refractivity contribution is 7.93. The lowest BCUT2D eigenvalue weighted by atomic mass is 10.2. The summed E-state index contributed by atoms with van der Waals surface area (Å²) in [5, 5.41) is 0. The molecule has 0 spiro atoms. The largest absolute Gasteiger partial charge is 0.275 e. The summed E-state index contributed by atoms with van der Waals surface area (Å²) in [6, 6.07) is 16.5. The molecule has 0 aliphatic rings. The third kappa shape index (κ3) is 4.54. The molecule has 0 heterocycles. The fraction of sp³-hybridized carbons (Fsp3) is 0.200. The maximum Gasteiger partial charge on any atom is 0.275 e. The first-order chi connectivity index (χ1) is 11.6. The number of anilines is 1. The summed E-state index contributed by atoms with van der Waals surface area (Å²) >= 11 is 0. The molecule has 2 aromatic carbocycles. The van der Waals surface area contributed by atoms with Gasteiger partial charge in [-0.3, -0.25) is 0 Å². The van der Waals surface area contributed by atoms with E-state index in [0.29, 0.717) is 11.3 Å². The minimum atomic E-state index is -3.84. The van der Waals surface area contributed by atoms with Crippen molar-refractivity contribution < 1.29 is 8.42 Å². The summed E-state index contributed by atoms with van der Waals surface area (Å²) in [5.74, 6) is 2.54. The van der Waals surface area contributed by atoms with E-state index in [1.165, 1.54) is 0 Å². The van der Waals surface area contributed by atoms with E-state index >= 15 is 0 Å². The van der Waals surface area contributed by atoms with Crippen LogP contribution in [0.1, 0.15) is 11.1 Å². The quantitative estimate of drug-likeness (QED) is 0.467. The Morgan fingerprint density at radius 3 is 2.16 bits per heavy atom. The third-order valence-electron chi connectivity index (χ3n) is 3.37. The summed E-state index contributed by atoms with van der Waals surface area (Å²) in [4.78, 5) is 0.190. The zero-order valence-electron chi connectivity index (χ0n) is 14.9. The molecule has 5 heteroatoms. The molecule has 0 saturated carbocycles. The normalized spacial score (nSPS) is 11.2. The molecule has 0 fully saturated rings. The molecule has 0 saturated heterocycles. The Kier molecular flexibility index (Phi) is 5.42. The Hall–Kier alpha value is -2.47. The van der Waals surface area contributed by atoms with Gasteiger partial charge in [0.05, 0.1) is 10.6 Å². The highest BCUT2D eigenvalue weighted by atomic mass is 32.2. The van der Waals surface area contributed by atoms with Gasteiger partial charge in [0.2, 0.25) is 0 Å². The monoisotopic (exact) mass is 367 g/mol. The summed E-state index contributed by atoms with van der Waals surface area (Å²) < 4.78 is 27.5. The van der Waals surface area contributed by atoms with Crippen LogP contribution in [0.5, 0.6) is 0 Å². The predicted molar refractivity (Wildman–Crippen MR) is 106 cm³/mol. The fourth-order valence-electron chi connectivity index (χ4n) is 2.06. The van der Waals surface area contributed by atoms with E-state index in [4.69, 9.17) is 6.42 Å². The highest BCUT2D eigenvalue weighted by Crippen LogP contribution is 2.26. The predicted octanol–water partition coefficient (Wildman–Crippen LogP) is 4.01. The molecule has 0 amide bonds. The van der Waals surface area contributed by atoms with Crippen LogP contribution in [0.15, 0.2) is 53.4 Å². The highest BCUT2D eigenvalue weighted by Gasteiger charge is 2.26. The van der Waals surface area contributed by atoms with Crippen molar-refractivity contribution >= 4 is 23.8 Å². The van der Waals surface area contributed by atoms with E-state index in [-0.39, 0.29) is 4.90 Å². The first-order valence-corrected chi connectivity index (χ1v) is 12.8. The zero-order chi connectivity index (χ0) is 18.7. The lowest BCUT2D eigenvalue weighted by Gasteiger charge is -2.20. The molecule has 0 aromatic heterocycles. The van der Waals surface area contributed by atoms with Crippen LogP contribution in [0.25, 0.3) is 0 Å². The molecule has 0 bridgehead atoms. The van der Waals surface area contributed by atoms with Crippen LogP contribution in [-0.4, -0.2) is 16.5 Å². The molecule has 2 rings (SSSR count). The molecule has 0 aliphatic heterocycles. The summed E-state index contributed by atoms with van der Waals surface area (Å²) in [6.45, 7) is 8.09. The maximum absolute atomic E-state index is 13.2. The lowest BCUT2D eigenvalue weighted by Crippen LogP contribution is -2.28. The van der Waals surface area contributed by atoms with Crippen molar-refractivity contribution in [2.45, 2.75) is 31.5 Å². The van der Waals surface area contributed by atoms with Gasteiger partial charge in [0.15, 0.2) is 0 Å². The van der Waals surface area contributed by atoms with E-state index in [1.807, 2.05) is 6.92 Å². The van der Waals surface area contributed by atoms with Gasteiger partial charge in [0.1, 0.15) is 8.07 Å². The van der Waals surface area contributed by atoms with Crippen molar-refractivity contribution in [1.82, 2.24) is 0 Å². The molecular formula is C20H21NO2SSi. The number of terminal acetylenes is 1. The minimum Gasteiger partial charge on any atom is -0.200 e. The van der Waals surface area contributed by atoms with Gasteiger partial charge in [-0.1, -0.05) is 55.4 Å². The minimum absolute atomic E-state index is 0.190. The van der Waals surface area contributed by atoms with Gasteiger partial charge in [0, 0.05) is 11.6 Å². The first kappa shape index (κ1) is 18.9. The molecular weight excluding hydrogens is 346 g/mol. The van der Waals surface area contributed by atoms with Crippen LogP contribution in [0.3, 0.4) is 0 Å². The van der Waals surface area contributed by atoms with Gasteiger partial charge in [0.25, 0.3) is 10.0 Å². The maximum atomic E-state index is 13.2. The van der Waals surface area contributed by atoms with Crippen molar-refractivity contribution in [3.63, 3.8) is 0 Å². The molecule has 128 valence electrons. The van der Waals surface area contributed by atoms with Gasteiger partial charge in [-0.2, -0.15) is 4.31 Å². The van der Waals surface area contributed by atoms with Crippen LogP contribution in [-0.2, 0) is 10.0 Å². The van der Waals surface area contributed by atoms with E-state index < -0.39 is 18.1 Å². The Bertz CT molecular complexity index is 969. The number of para-hydroxylation sites is 1. The SMILES string of the molecule is C#Cc1ccccc1N(C#C[Si](C)(C)C)S(=O)(=O)c1ccc(C)cc1. The molecule has 0 unspecified atom stereocenters. The number of hydrogen-bond acceptors (Lipinski definition) is 2. The smallest absolute Gasteiger partial charge is 0.200 e. The Balaban J connectivity index is 2.68. The average molecular weight is 368 g/mol. The second kappa shape index (κ2) is 7.19. The van der Waals surface area contributed by atoms with Crippen molar-refractivity contribution in [2.75, 3.05) is 4.31 Å². The summed E-state index contributed by atoms with van der Waals surface area (Å²) in [5.41, 5.74) is 5.00. The van der Waals surface area contributed by atoms with Crippen LogP contribution in [0.2, 0.25) is 19.6 Å². The van der Waals surface area contributed by atoms with Crippen molar-refractivity contribution in [3.8, 4) is 23.9 Å². The standard InChI is InChI=1S/C20H21NO2SSi/c1-6-18-9-7-8-10-20(18)21(15-16-25(3,4)5)24(22,23)19-13-11-17(2)12-14-19/h1,7-14H,2-5H3. The Morgan fingerprint density at radius 1 is 1.00 bits per heavy atom. The Morgan fingerprint density at radius 2 is 1.60 bits per heavy atom. The van der Waals surface area contributed by atoms with Crippen molar-refractivity contribution in [1.29, 1.82) is 0 Å². The van der Waals surface area contributed by atoms with Gasteiger partial charge in [-0.25, -0.2) is 8.42 Å². The zero-order valence-corrected chi connectivity index (χ0v) is 16.7. The second-order valence-electron chi connectivity index (χ2n) is 6.73. The molecule has 0 N–H and O–H groups in total. The van der Waals surface area contributed by atoms with Crippen LogP contribution < -0.4 is 4.31 Å². The average Bonchev–Trinajstić information content (AvgIpc) is 2.54. The van der Waals surface area contributed by atoms with E-state index in [1.54, 1.807) is 48.5 Å². The van der Waals surface area contributed by atoms with Gasteiger partial charge >= 0.3 is 0 Å². The van der Waals surface area contributed by atoms with Gasteiger partial charge in [-0.15, -0.1) is 12.0 Å². The number of rotatable bonds is 3. The third-order valence-corrected chi connectivity index (χ3v) is 5.87. The Labute approximate surface area is 151 Å². The number of hydrogen-bond donors (Lipinski definition) is 0. The van der Waals surface area contributed by atoms with E-state index in [0.717, 1.165) is 9.87 Å². The van der Waals surface area contributed by atoms with Crippen molar-refractivity contribution in [2.24, 2.45) is 0 Å². The number of nitrogens with zero attached hydrogens (tertiary/aromatic N) is 1. The fourth-order valence-corrected chi connectivity index (χ4v) is 3.86. The topological polar surface area (TPSA) is 37.4 Å². The summed E-state index contributed by atoms with van der Waals surface area (Å²) in [6.07, 6.45) is 5.56. The molecule has 0 aliphatic carbocycles. The van der Waals surface area contributed by atoms with Crippen LogP contribution >= 0.6 is 0 Å². The van der Waals surface area contributed by atoms with E-state index in [9.17, 15) is 8.42 Å².